The molecule has 2 saturated heterocycles. The van der Waals surface area contributed by atoms with Gasteiger partial charge in [0.25, 0.3) is 10.1 Å². The van der Waals surface area contributed by atoms with Crippen molar-refractivity contribution in [3.63, 3.8) is 0 Å². The fourth-order valence-electron chi connectivity index (χ4n) is 3.89. The number of nitrogens with two attached hydrogens (primary N) is 2. The summed E-state index contributed by atoms with van der Waals surface area (Å²) in [5.41, 5.74) is 10.5. The average molecular weight is 581 g/mol. The van der Waals surface area contributed by atoms with Crippen LogP contribution in [-0.2, 0) is 19.6 Å². The highest BCUT2D eigenvalue weighted by atomic mass is 32.2. The summed E-state index contributed by atoms with van der Waals surface area (Å²) in [5.74, 6) is 0. The lowest BCUT2D eigenvalue weighted by atomic mass is 10.1. The molecule has 0 spiro atoms. The lowest BCUT2D eigenvalue weighted by Gasteiger charge is -2.24. The van der Waals surface area contributed by atoms with Crippen LogP contribution in [0.5, 0.6) is 0 Å². The molecule has 0 aromatic heterocycles. The van der Waals surface area contributed by atoms with Crippen LogP contribution in [0.3, 0.4) is 0 Å². The molecule has 0 aliphatic carbocycles. The van der Waals surface area contributed by atoms with Crippen LogP contribution < -0.4 is 11.5 Å². The van der Waals surface area contributed by atoms with Crippen LogP contribution in [-0.4, -0.2) is 84.4 Å². The van der Waals surface area contributed by atoms with E-state index in [1.54, 1.807) is 21.9 Å². The number of carbonyl (C=O) groups excluding carboxylic acids is 2. The smallest absolute Gasteiger partial charge is 0.410 e. The minimum absolute atomic E-state index is 0.0730. The number of hydrogen-bond donors (Lipinski definition) is 3. The van der Waals surface area contributed by atoms with Gasteiger partial charge in [0.2, 0.25) is 0 Å². The summed E-state index contributed by atoms with van der Waals surface area (Å²) in [6.45, 7) is 13.8. The van der Waals surface area contributed by atoms with E-state index in [2.05, 4.69) is 0 Å². The minimum atomic E-state index is -4.09. The molecular formula is C28H44N4O7S. The highest BCUT2D eigenvalue weighted by molar-refractivity contribution is 7.85. The Hall–Kier alpha value is -2.93. The van der Waals surface area contributed by atoms with E-state index in [1.165, 1.54) is 12.1 Å². The second kappa shape index (κ2) is 13.6. The first-order valence-corrected chi connectivity index (χ1v) is 14.7. The molecule has 1 unspecified atom stereocenters. The number of rotatable bonds is 1. The predicted octanol–water partition coefficient (Wildman–Crippen LogP) is 4.00. The van der Waals surface area contributed by atoms with Crippen molar-refractivity contribution in [2.45, 2.75) is 82.6 Å². The van der Waals surface area contributed by atoms with Crippen LogP contribution in [0.4, 0.5) is 9.59 Å². The zero-order chi connectivity index (χ0) is 30.3. The summed E-state index contributed by atoms with van der Waals surface area (Å²) in [6.07, 6.45) is 1.25. The van der Waals surface area contributed by atoms with Crippen LogP contribution >= 0.6 is 0 Å². The number of fused-ring (bicyclic) bond motifs is 1. The number of carbonyl (C=O) groups is 2. The Morgan fingerprint density at radius 2 is 1.23 bits per heavy atom. The normalized spacial score (nSPS) is 19.3. The number of likely N-dealkylation sites (tertiary alicyclic amines) is 2. The summed E-state index contributed by atoms with van der Waals surface area (Å²) in [5, 5.41) is 1.74. The molecule has 2 amide bonds. The van der Waals surface area contributed by atoms with Crippen LogP contribution in [0.15, 0.2) is 47.4 Å². The summed E-state index contributed by atoms with van der Waals surface area (Å²) in [4.78, 5) is 26.2. The maximum atomic E-state index is 11.5. The van der Waals surface area contributed by atoms with Crippen molar-refractivity contribution >= 4 is 33.1 Å². The van der Waals surface area contributed by atoms with Gasteiger partial charge in [-0.25, -0.2) is 9.59 Å². The SMILES string of the molecule is CC(C)(C)OC(=O)N1CCC(N)C1.CC(C)(C)OC(=O)N1CC[C@H](N)C1.O=S(=O)(O)c1ccc2ccccc2c1. The maximum absolute atomic E-state index is 11.5. The average Bonchev–Trinajstić information content (AvgIpc) is 3.45. The first-order chi connectivity index (χ1) is 18.3. The summed E-state index contributed by atoms with van der Waals surface area (Å²) < 4.78 is 40.9. The Kier molecular flexibility index (Phi) is 11.3. The molecule has 0 radical (unpaired) electrons. The molecule has 2 fully saturated rings. The Morgan fingerprint density at radius 3 is 1.57 bits per heavy atom. The van der Waals surface area contributed by atoms with Crippen molar-refractivity contribution in [2.24, 2.45) is 11.5 Å². The number of ether oxygens (including phenoxy) is 2. The molecule has 224 valence electrons. The fourth-order valence-corrected chi connectivity index (χ4v) is 4.40. The van der Waals surface area contributed by atoms with Crippen LogP contribution in [0.1, 0.15) is 54.4 Å². The Balaban J connectivity index is 0.000000210. The zero-order valence-electron chi connectivity index (χ0n) is 24.3. The van der Waals surface area contributed by atoms with E-state index >= 15 is 0 Å². The number of nitrogens with zero attached hydrogens (tertiary/aromatic N) is 2. The monoisotopic (exact) mass is 580 g/mol. The molecule has 2 aromatic carbocycles. The molecule has 12 heteroatoms. The second-order valence-corrected chi connectivity index (χ2v) is 13.4. The molecular weight excluding hydrogens is 536 g/mol. The molecule has 4 rings (SSSR count). The van der Waals surface area contributed by atoms with E-state index < -0.39 is 21.3 Å². The van der Waals surface area contributed by atoms with Crippen molar-refractivity contribution in [3.05, 3.63) is 42.5 Å². The quantitative estimate of drug-likeness (QED) is 0.423. The highest BCUT2D eigenvalue weighted by Crippen LogP contribution is 2.18. The molecule has 5 N–H and O–H groups in total. The van der Waals surface area contributed by atoms with Gasteiger partial charge in [0.05, 0.1) is 4.90 Å². The van der Waals surface area contributed by atoms with Crippen molar-refractivity contribution in [2.75, 3.05) is 26.2 Å². The summed E-state index contributed by atoms with van der Waals surface area (Å²) in [7, 11) is -4.09. The first kappa shape index (κ1) is 33.3. The Morgan fingerprint density at radius 1 is 0.800 bits per heavy atom. The highest BCUT2D eigenvalue weighted by Gasteiger charge is 2.28. The largest absolute Gasteiger partial charge is 0.444 e. The first-order valence-electron chi connectivity index (χ1n) is 13.3. The number of amides is 2. The lowest BCUT2D eigenvalue weighted by Crippen LogP contribution is -2.36. The van der Waals surface area contributed by atoms with E-state index in [0.29, 0.717) is 13.1 Å². The number of benzene rings is 2. The van der Waals surface area contributed by atoms with Gasteiger partial charge >= 0.3 is 12.2 Å². The van der Waals surface area contributed by atoms with Gasteiger partial charge in [-0.1, -0.05) is 30.3 Å². The van der Waals surface area contributed by atoms with Gasteiger partial charge in [-0.2, -0.15) is 8.42 Å². The molecule has 2 aliphatic heterocycles. The van der Waals surface area contributed by atoms with E-state index in [4.69, 9.17) is 25.5 Å². The van der Waals surface area contributed by atoms with Crippen LogP contribution in [0.25, 0.3) is 10.8 Å². The third-order valence-corrected chi connectivity index (χ3v) is 6.62. The second-order valence-electron chi connectivity index (χ2n) is 11.9. The molecule has 0 bridgehead atoms. The van der Waals surface area contributed by atoms with Gasteiger partial charge < -0.3 is 30.7 Å². The van der Waals surface area contributed by atoms with E-state index in [-0.39, 0.29) is 29.2 Å². The molecule has 2 atom stereocenters. The minimum Gasteiger partial charge on any atom is -0.444 e. The van der Waals surface area contributed by atoms with Crippen molar-refractivity contribution in [1.82, 2.24) is 9.80 Å². The van der Waals surface area contributed by atoms with E-state index in [0.717, 1.165) is 36.7 Å². The van der Waals surface area contributed by atoms with Gasteiger partial charge in [-0.15, -0.1) is 0 Å². The fraction of sp³-hybridized carbons (Fsp3) is 0.571. The molecule has 40 heavy (non-hydrogen) atoms. The van der Waals surface area contributed by atoms with Gasteiger partial charge in [0.15, 0.2) is 0 Å². The topological polar surface area (TPSA) is 165 Å². The maximum Gasteiger partial charge on any atom is 0.410 e. The molecule has 11 nitrogen and oxygen atoms in total. The Bertz CT molecular complexity index is 1210. The molecule has 2 aromatic rings. The van der Waals surface area contributed by atoms with Crippen LogP contribution in [0.2, 0.25) is 0 Å². The third kappa shape index (κ3) is 11.7. The zero-order valence-corrected chi connectivity index (χ0v) is 25.1. The standard InChI is InChI=1S/C10H8O3S.2C9H18N2O2/c11-14(12,13)10-6-5-8-3-1-2-4-9(8)7-10;2*1-9(2,3)13-8(12)11-5-4-7(10)6-11/h1-7H,(H,11,12,13);2*7H,4-6,10H2,1-3H3/t;7-;/m.0./s1. The predicted molar refractivity (Wildman–Crippen MR) is 155 cm³/mol. The molecule has 2 heterocycles. The van der Waals surface area contributed by atoms with Crippen molar-refractivity contribution in [1.29, 1.82) is 0 Å². The van der Waals surface area contributed by atoms with E-state index in [1.807, 2.05) is 59.7 Å². The van der Waals surface area contributed by atoms with Gasteiger partial charge in [0.1, 0.15) is 11.2 Å². The number of hydrogen-bond acceptors (Lipinski definition) is 8. The van der Waals surface area contributed by atoms with Gasteiger partial charge in [-0.05, 0) is 77.3 Å². The van der Waals surface area contributed by atoms with Gasteiger partial charge in [0, 0.05) is 38.3 Å². The lowest BCUT2D eigenvalue weighted by molar-refractivity contribution is 0.0282. The van der Waals surface area contributed by atoms with Crippen LogP contribution in [0, 0.1) is 0 Å². The van der Waals surface area contributed by atoms with Gasteiger partial charge in [-0.3, -0.25) is 4.55 Å². The van der Waals surface area contributed by atoms with E-state index in [9.17, 15) is 18.0 Å². The summed E-state index contributed by atoms with van der Waals surface area (Å²) in [6, 6.07) is 12.1. The summed E-state index contributed by atoms with van der Waals surface area (Å²) >= 11 is 0. The molecule has 0 saturated carbocycles. The third-order valence-electron chi connectivity index (χ3n) is 5.77. The van der Waals surface area contributed by atoms with Crippen molar-refractivity contribution in [3.8, 4) is 0 Å². The molecule has 2 aliphatic rings. The Labute approximate surface area is 237 Å². The van der Waals surface area contributed by atoms with Crippen molar-refractivity contribution < 1.29 is 32.0 Å².